The Bertz CT molecular complexity index is 158. The minimum atomic E-state index is -0.142. The van der Waals surface area contributed by atoms with Gasteiger partial charge in [0.25, 0.3) is 0 Å². The molecule has 0 bridgehead atoms. The van der Waals surface area contributed by atoms with Crippen LogP contribution < -0.4 is 5.32 Å². The summed E-state index contributed by atoms with van der Waals surface area (Å²) in [5, 5.41) is 2.85. The maximum Gasteiger partial charge on any atom is 0.0844 e. The van der Waals surface area contributed by atoms with Crippen LogP contribution in [0.1, 0.15) is 32.1 Å². The van der Waals surface area contributed by atoms with E-state index in [0.29, 0.717) is 6.04 Å². The zero-order valence-electron chi connectivity index (χ0n) is 7.42. The minimum Gasteiger partial charge on any atom is -0.813 e. The van der Waals surface area contributed by atoms with E-state index in [1.165, 1.54) is 19.3 Å². The molecule has 0 heterocycles. The molecule has 1 saturated carbocycles. The summed E-state index contributed by atoms with van der Waals surface area (Å²) >= 11 is 0. The first-order chi connectivity index (χ1) is 5.33. The van der Waals surface area contributed by atoms with E-state index in [-0.39, 0.29) is 41.8 Å². The van der Waals surface area contributed by atoms with E-state index in [0.717, 1.165) is 18.9 Å². The molecule has 4 heteroatoms. The van der Waals surface area contributed by atoms with Gasteiger partial charge in [0.1, 0.15) is 0 Å². The number of thiol groups is 1. The summed E-state index contributed by atoms with van der Waals surface area (Å²) in [6, 6.07) is 0.371. The average molecular weight is 293 g/mol. The number of amides is 1. The van der Waals surface area contributed by atoms with Crippen LogP contribution >= 0.6 is 0 Å². The number of carbonyl (C=O) groups is 1. The van der Waals surface area contributed by atoms with E-state index < -0.39 is 0 Å². The smallest absolute Gasteiger partial charge is 0.0844 e. The first-order valence-electron chi connectivity index (χ1n) is 4.18. The molecule has 0 aliphatic heterocycles. The quantitative estimate of drug-likeness (QED) is 0.272. The summed E-state index contributed by atoms with van der Waals surface area (Å²) in [6.45, 7) is 5.05. The molecule has 1 rings (SSSR count). The van der Waals surface area contributed by atoms with E-state index in [9.17, 15) is 4.79 Å². The van der Waals surface area contributed by atoms with E-state index in [1.54, 1.807) is 0 Å². The van der Waals surface area contributed by atoms with Gasteiger partial charge in [-0.15, -0.1) is 0 Å². The van der Waals surface area contributed by atoms with Gasteiger partial charge in [-0.25, -0.2) is 0 Å². The van der Waals surface area contributed by atoms with Gasteiger partial charge in [0, 0.05) is 28.4 Å². The van der Waals surface area contributed by atoms with Crippen molar-refractivity contribution in [1.82, 2.24) is 5.32 Å². The molecule has 0 spiro atoms. The molecule has 0 aromatic rings. The zero-order chi connectivity index (χ0) is 8.10. The van der Waals surface area contributed by atoms with Crippen molar-refractivity contribution >= 4 is 19.4 Å². The summed E-state index contributed by atoms with van der Waals surface area (Å²) < 4.78 is 0. The molecule has 0 saturated heterocycles. The van der Waals surface area contributed by atoms with Crippen molar-refractivity contribution < 1.29 is 27.2 Å². The van der Waals surface area contributed by atoms with Crippen molar-refractivity contribution in [3.8, 4) is 0 Å². The van der Waals surface area contributed by atoms with Gasteiger partial charge >= 0.3 is 0 Å². The number of carbonyl (C=O) groups excluding carboxylic acids is 1. The van der Waals surface area contributed by atoms with Gasteiger partial charge < -0.3 is 23.6 Å². The molecular weight excluding hydrogens is 278 g/mol. The third kappa shape index (κ3) is 6.38. The normalized spacial score (nSPS) is 16.3. The number of rotatable bonds is 2. The van der Waals surface area contributed by atoms with E-state index in [2.05, 4.69) is 5.32 Å². The van der Waals surface area contributed by atoms with Gasteiger partial charge in [-0.1, -0.05) is 19.3 Å². The molecule has 0 aromatic heterocycles. The van der Waals surface area contributed by atoms with E-state index in [1.807, 2.05) is 0 Å². The molecule has 0 unspecified atom stereocenters. The molecule has 1 aliphatic rings. The van der Waals surface area contributed by atoms with Crippen molar-refractivity contribution in [2.75, 3.05) is 0 Å². The fraction of sp³-hybridized carbons (Fsp3) is 0.667. The Morgan fingerprint density at radius 2 is 1.85 bits per heavy atom. The second-order valence-electron chi connectivity index (χ2n) is 3.01. The van der Waals surface area contributed by atoms with Gasteiger partial charge in [-0.3, -0.25) is 6.58 Å². The van der Waals surface area contributed by atoms with Crippen LogP contribution in [0, 0.1) is 6.58 Å². The maximum atomic E-state index is 10.8. The number of nitrogens with one attached hydrogen (secondary N) is 1. The fourth-order valence-electron chi connectivity index (χ4n) is 1.50. The molecule has 0 aromatic carbocycles. The third-order valence-electron chi connectivity index (χ3n) is 2.10. The maximum absolute atomic E-state index is 10.8. The molecule has 0 atom stereocenters. The van der Waals surface area contributed by atoms with Crippen molar-refractivity contribution in [2.45, 2.75) is 38.1 Å². The summed E-state index contributed by atoms with van der Waals surface area (Å²) in [5.74, 6) is -0.142. The van der Waals surface area contributed by atoms with Crippen LogP contribution in [0.4, 0.5) is 0 Å². The first kappa shape index (κ1) is 15.8. The average Bonchev–Trinajstić information content (AvgIpc) is 2.06. The van der Waals surface area contributed by atoms with Gasteiger partial charge in [0.05, 0.1) is 5.91 Å². The molecule has 1 amide bonds. The molecular formula is C9H15AgNOS-2. The molecule has 1 aliphatic carbocycles. The zero-order valence-corrected chi connectivity index (χ0v) is 9.80. The van der Waals surface area contributed by atoms with Gasteiger partial charge in [-0.05, 0) is 12.8 Å². The van der Waals surface area contributed by atoms with E-state index >= 15 is 0 Å². The van der Waals surface area contributed by atoms with Crippen molar-refractivity contribution in [3.05, 3.63) is 12.7 Å². The Kier molecular flexibility index (Phi) is 10.8. The molecule has 2 nitrogen and oxygen atoms in total. The number of hydrogen-bond donors (Lipinski definition) is 1. The Hall–Kier alpha value is 0.300. The molecule has 13 heavy (non-hydrogen) atoms. The minimum absolute atomic E-state index is 0. The number of hydrogen-bond acceptors (Lipinski definition) is 2. The standard InChI is InChI=1S/C9H14NO.Ag.H2S/c1-2-9(11)10-8-6-4-3-5-7-8;;/h1-2,8H,3-7H2,(H,10,11);;1H2/q-1;;/p-1. The van der Waals surface area contributed by atoms with Crippen LogP contribution in [-0.4, -0.2) is 11.9 Å². The van der Waals surface area contributed by atoms with Crippen LogP contribution in [0.2, 0.25) is 0 Å². The van der Waals surface area contributed by atoms with Crippen LogP contribution in [-0.2, 0) is 40.7 Å². The summed E-state index contributed by atoms with van der Waals surface area (Å²) in [7, 11) is 0. The summed E-state index contributed by atoms with van der Waals surface area (Å²) in [4.78, 5) is 10.8. The van der Waals surface area contributed by atoms with E-state index in [4.69, 9.17) is 6.58 Å². The van der Waals surface area contributed by atoms with Crippen molar-refractivity contribution in [1.29, 1.82) is 0 Å². The molecule has 1 N–H and O–H groups in total. The first-order valence-corrected chi connectivity index (χ1v) is 4.18. The van der Waals surface area contributed by atoms with Crippen molar-refractivity contribution in [3.63, 3.8) is 0 Å². The second kappa shape index (κ2) is 8.88. The Labute approximate surface area is 103 Å². The van der Waals surface area contributed by atoms with Crippen LogP contribution in [0.15, 0.2) is 6.08 Å². The fourth-order valence-corrected chi connectivity index (χ4v) is 1.50. The molecule has 81 valence electrons. The van der Waals surface area contributed by atoms with Crippen molar-refractivity contribution in [2.24, 2.45) is 0 Å². The van der Waals surface area contributed by atoms with Crippen LogP contribution in [0.5, 0.6) is 0 Å². The summed E-state index contributed by atoms with van der Waals surface area (Å²) in [5.41, 5.74) is 0. The monoisotopic (exact) mass is 292 g/mol. The second-order valence-corrected chi connectivity index (χ2v) is 3.01. The predicted molar refractivity (Wildman–Crippen MR) is 52.6 cm³/mol. The van der Waals surface area contributed by atoms with Gasteiger partial charge in [0.15, 0.2) is 0 Å². The van der Waals surface area contributed by atoms with Crippen LogP contribution in [0.3, 0.4) is 0 Å². The van der Waals surface area contributed by atoms with Crippen LogP contribution in [0.25, 0.3) is 0 Å². The largest absolute Gasteiger partial charge is 0.813 e. The Morgan fingerprint density at radius 3 is 2.31 bits per heavy atom. The molecule has 1 radical (unpaired) electrons. The predicted octanol–water partition coefficient (Wildman–Crippen LogP) is 1.15. The Balaban J connectivity index is 0. The molecule has 1 fully saturated rings. The third-order valence-corrected chi connectivity index (χ3v) is 2.10. The van der Waals surface area contributed by atoms with Gasteiger partial charge in [0.2, 0.25) is 0 Å². The summed E-state index contributed by atoms with van der Waals surface area (Å²) in [6.07, 6.45) is 7.08. The topological polar surface area (TPSA) is 29.1 Å². The Morgan fingerprint density at radius 1 is 1.31 bits per heavy atom. The van der Waals surface area contributed by atoms with Gasteiger partial charge in [-0.2, -0.15) is 6.08 Å². The SMILES string of the molecule is [Ag].[CH-]=CC(=O)NC1CCCCC1.[SH-].